The van der Waals surface area contributed by atoms with Gasteiger partial charge in [-0.2, -0.15) is 0 Å². The Hall–Kier alpha value is -0.610. The molecule has 0 spiro atoms. The highest BCUT2D eigenvalue weighted by Crippen LogP contribution is 2.65. The molecule has 0 aromatic heterocycles. The van der Waals surface area contributed by atoms with Gasteiger partial charge in [0.2, 0.25) is 0 Å². The lowest BCUT2D eigenvalue weighted by Crippen LogP contribution is -2.57. The monoisotopic (exact) mass is 388 g/mol. The summed E-state index contributed by atoms with van der Waals surface area (Å²) < 4.78 is 5.46. The molecule has 27 heavy (non-hydrogen) atoms. The fourth-order valence-corrected chi connectivity index (χ4v) is 7.34. The Morgan fingerprint density at radius 1 is 1.04 bits per heavy atom. The van der Waals surface area contributed by atoms with Crippen molar-refractivity contribution in [3.05, 3.63) is 34.9 Å². The third-order valence-electron chi connectivity index (χ3n) is 7.85. The van der Waals surface area contributed by atoms with Crippen LogP contribution in [-0.2, 0) is 10.2 Å². The minimum absolute atomic E-state index is 0.417. The van der Waals surface area contributed by atoms with Crippen LogP contribution in [0.3, 0.4) is 0 Å². The number of rotatable bonds is 6. The van der Waals surface area contributed by atoms with Crippen LogP contribution in [0.4, 0.5) is 0 Å². The minimum atomic E-state index is 0.417. The maximum absolute atomic E-state index is 6.17. The molecule has 1 aromatic rings. The van der Waals surface area contributed by atoms with Crippen molar-refractivity contribution in [1.29, 1.82) is 0 Å². The molecular formula is C23H33ClN2O. The molecule has 2 unspecified atom stereocenters. The Morgan fingerprint density at radius 3 is 2.44 bits per heavy atom. The number of nitrogens with one attached hydrogen (secondary N) is 1. The lowest BCUT2D eigenvalue weighted by molar-refractivity contribution is -0.0708. The largest absolute Gasteiger partial charge is 0.379 e. The Morgan fingerprint density at radius 2 is 1.74 bits per heavy atom. The molecule has 5 fully saturated rings. The van der Waals surface area contributed by atoms with Crippen molar-refractivity contribution in [3.8, 4) is 0 Å². The van der Waals surface area contributed by atoms with Gasteiger partial charge in [0, 0.05) is 37.7 Å². The molecule has 1 aromatic carbocycles. The Bertz CT molecular complexity index is 641. The van der Waals surface area contributed by atoms with Crippen LogP contribution in [-0.4, -0.2) is 50.8 Å². The summed E-state index contributed by atoms with van der Waals surface area (Å²) in [4.78, 5) is 2.53. The van der Waals surface area contributed by atoms with E-state index in [0.717, 1.165) is 56.3 Å². The molecule has 0 amide bonds. The van der Waals surface area contributed by atoms with Gasteiger partial charge >= 0.3 is 0 Å². The highest BCUT2D eigenvalue weighted by atomic mass is 35.5. The maximum atomic E-state index is 6.17. The summed E-state index contributed by atoms with van der Waals surface area (Å²) in [5.74, 6) is 1.87. The highest BCUT2D eigenvalue weighted by molar-refractivity contribution is 6.30. The smallest absolute Gasteiger partial charge is 0.0594 e. The van der Waals surface area contributed by atoms with Gasteiger partial charge < -0.3 is 10.1 Å². The Balaban J connectivity index is 1.25. The van der Waals surface area contributed by atoms with Crippen LogP contribution in [0.5, 0.6) is 0 Å². The van der Waals surface area contributed by atoms with E-state index in [-0.39, 0.29) is 0 Å². The van der Waals surface area contributed by atoms with E-state index in [1.54, 1.807) is 5.56 Å². The fourth-order valence-electron chi connectivity index (χ4n) is 7.22. The van der Waals surface area contributed by atoms with Gasteiger partial charge in [0.05, 0.1) is 13.2 Å². The van der Waals surface area contributed by atoms with Crippen LogP contribution in [0.15, 0.2) is 24.3 Å². The Labute approximate surface area is 168 Å². The van der Waals surface area contributed by atoms with E-state index < -0.39 is 0 Å². The first-order valence-electron chi connectivity index (χ1n) is 10.9. The van der Waals surface area contributed by atoms with Gasteiger partial charge in [0.1, 0.15) is 0 Å². The molecule has 2 atom stereocenters. The summed E-state index contributed by atoms with van der Waals surface area (Å²) in [5, 5.41) is 4.73. The number of nitrogens with zero attached hydrogens (tertiary/aromatic N) is 1. The molecule has 4 heteroatoms. The zero-order valence-electron chi connectivity index (χ0n) is 16.4. The SMILES string of the molecule is Clc1ccc(C23CC4CC(CC(CNCCN5CCOCC5)(C4)C2)C3)cc1. The summed E-state index contributed by atoms with van der Waals surface area (Å²) in [7, 11) is 0. The fraction of sp³-hybridized carbons (Fsp3) is 0.739. The first kappa shape index (κ1) is 18.4. The van der Waals surface area contributed by atoms with E-state index in [1.165, 1.54) is 45.1 Å². The topological polar surface area (TPSA) is 24.5 Å². The molecule has 6 rings (SSSR count). The number of ether oxygens (including phenoxy) is 1. The third-order valence-corrected chi connectivity index (χ3v) is 8.10. The summed E-state index contributed by atoms with van der Waals surface area (Å²) in [6.07, 6.45) is 8.55. The molecule has 4 bridgehead atoms. The van der Waals surface area contributed by atoms with Crippen molar-refractivity contribution in [1.82, 2.24) is 10.2 Å². The van der Waals surface area contributed by atoms with E-state index >= 15 is 0 Å². The van der Waals surface area contributed by atoms with Gasteiger partial charge in [0.25, 0.3) is 0 Å². The van der Waals surface area contributed by atoms with Crippen LogP contribution in [0.2, 0.25) is 5.02 Å². The first-order chi connectivity index (χ1) is 13.1. The molecule has 1 N–H and O–H groups in total. The number of hydrogen-bond acceptors (Lipinski definition) is 3. The predicted octanol–water partition coefficient (Wildman–Crippen LogP) is 4.10. The van der Waals surface area contributed by atoms with E-state index in [0.29, 0.717) is 10.8 Å². The van der Waals surface area contributed by atoms with Crippen molar-refractivity contribution in [2.24, 2.45) is 17.3 Å². The van der Waals surface area contributed by atoms with Gasteiger partial charge in [0.15, 0.2) is 0 Å². The van der Waals surface area contributed by atoms with Gasteiger partial charge in [-0.3, -0.25) is 4.90 Å². The van der Waals surface area contributed by atoms with E-state index in [9.17, 15) is 0 Å². The average Bonchev–Trinajstić information content (AvgIpc) is 2.65. The third kappa shape index (κ3) is 3.69. The summed E-state index contributed by atoms with van der Waals surface area (Å²) in [6.45, 7) is 7.47. The molecule has 1 saturated heterocycles. The molecule has 5 aliphatic rings. The normalized spacial score (nSPS) is 38.4. The van der Waals surface area contributed by atoms with Crippen molar-refractivity contribution < 1.29 is 4.74 Å². The zero-order valence-corrected chi connectivity index (χ0v) is 17.1. The van der Waals surface area contributed by atoms with Crippen LogP contribution in [0.25, 0.3) is 0 Å². The number of morpholine rings is 1. The zero-order chi connectivity index (χ0) is 18.3. The molecule has 148 valence electrons. The Kier molecular flexibility index (Phi) is 5.00. The lowest BCUT2D eigenvalue weighted by Gasteiger charge is -2.62. The van der Waals surface area contributed by atoms with Crippen LogP contribution >= 0.6 is 11.6 Å². The van der Waals surface area contributed by atoms with Gasteiger partial charge in [-0.25, -0.2) is 0 Å². The molecule has 3 nitrogen and oxygen atoms in total. The second-order valence-electron chi connectivity index (χ2n) is 9.88. The van der Waals surface area contributed by atoms with Crippen molar-refractivity contribution in [2.45, 2.75) is 43.9 Å². The van der Waals surface area contributed by atoms with E-state index in [2.05, 4.69) is 34.5 Å². The molecule has 4 aliphatic carbocycles. The quantitative estimate of drug-likeness (QED) is 0.742. The second kappa shape index (κ2) is 7.33. The molecule has 0 radical (unpaired) electrons. The summed E-state index contributed by atoms with van der Waals surface area (Å²) in [6, 6.07) is 8.83. The molecule has 4 saturated carbocycles. The molecule has 1 aliphatic heterocycles. The van der Waals surface area contributed by atoms with E-state index in [1.807, 2.05) is 0 Å². The predicted molar refractivity (Wildman–Crippen MR) is 110 cm³/mol. The second-order valence-corrected chi connectivity index (χ2v) is 10.3. The maximum Gasteiger partial charge on any atom is 0.0594 e. The van der Waals surface area contributed by atoms with Gasteiger partial charge in [-0.05, 0) is 78.9 Å². The van der Waals surface area contributed by atoms with Gasteiger partial charge in [-0.1, -0.05) is 23.7 Å². The summed E-state index contributed by atoms with van der Waals surface area (Å²) >= 11 is 6.17. The number of benzene rings is 1. The lowest BCUT2D eigenvalue weighted by atomic mass is 9.43. The summed E-state index contributed by atoms with van der Waals surface area (Å²) in [5.41, 5.74) is 2.49. The van der Waals surface area contributed by atoms with Crippen LogP contribution in [0, 0.1) is 17.3 Å². The van der Waals surface area contributed by atoms with Crippen LogP contribution in [0.1, 0.15) is 44.1 Å². The van der Waals surface area contributed by atoms with Crippen molar-refractivity contribution in [2.75, 3.05) is 45.9 Å². The standard InChI is InChI=1S/C23H33ClN2O/c24-21-3-1-20(2-4-21)23-14-18-11-19(15-23)13-22(12-18,16-23)17-25-5-6-26-7-9-27-10-8-26/h1-4,18-19,25H,5-17H2. The van der Waals surface area contributed by atoms with Gasteiger partial charge in [-0.15, -0.1) is 0 Å². The van der Waals surface area contributed by atoms with Crippen LogP contribution < -0.4 is 5.32 Å². The van der Waals surface area contributed by atoms with Crippen molar-refractivity contribution in [3.63, 3.8) is 0 Å². The first-order valence-corrected chi connectivity index (χ1v) is 11.3. The minimum Gasteiger partial charge on any atom is -0.379 e. The molecular weight excluding hydrogens is 356 g/mol. The highest BCUT2D eigenvalue weighted by Gasteiger charge is 2.57. The van der Waals surface area contributed by atoms with Crippen molar-refractivity contribution >= 4 is 11.6 Å². The number of hydrogen-bond donors (Lipinski definition) is 1. The average molecular weight is 389 g/mol. The number of halogens is 1. The molecule has 1 heterocycles. The van der Waals surface area contributed by atoms with E-state index in [4.69, 9.17) is 16.3 Å².